The molecule has 0 fully saturated rings. The number of amides is 1. The number of rotatable bonds is 6. The van der Waals surface area contributed by atoms with Crippen molar-refractivity contribution in [2.24, 2.45) is 0 Å². The summed E-state index contributed by atoms with van der Waals surface area (Å²) in [5, 5.41) is 13.8. The Hall–Kier alpha value is -2.57. The Kier molecular flexibility index (Phi) is 7.25. The van der Waals surface area contributed by atoms with Gasteiger partial charge in [-0.25, -0.2) is 0 Å². The Balaban J connectivity index is 1.66. The molecule has 0 unspecified atom stereocenters. The lowest BCUT2D eigenvalue weighted by Gasteiger charge is -2.07. The van der Waals surface area contributed by atoms with Gasteiger partial charge in [0, 0.05) is 27.7 Å². The van der Waals surface area contributed by atoms with E-state index in [1.807, 2.05) is 31.2 Å². The lowest BCUT2D eigenvalue weighted by atomic mass is 10.0. The van der Waals surface area contributed by atoms with Gasteiger partial charge in [0.1, 0.15) is 17.9 Å². The highest BCUT2D eigenvalue weighted by molar-refractivity contribution is 6.37. The van der Waals surface area contributed by atoms with Crippen LogP contribution in [0, 0.1) is 6.92 Å². The van der Waals surface area contributed by atoms with E-state index in [4.69, 9.17) is 46.4 Å². The van der Waals surface area contributed by atoms with Gasteiger partial charge in [-0.2, -0.15) is 15.0 Å². The third-order valence-corrected chi connectivity index (χ3v) is 6.15. The smallest absolute Gasteiger partial charge is 0.243 e. The minimum absolute atomic E-state index is 0.0741. The van der Waals surface area contributed by atoms with Crippen LogP contribution < -0.4 is 5.32 Å². The molecule has 9 heteroatoms. The summed E-state index contributed by atoms with van der Waals surface area (Å²) >= 11 is 25.0. The van der Waals surface area contributed by atoms with Gasteiger partial charge in [-0.05, 0) is 54.4 Å². The Labute approximate surface area is 211 Å². The zero-order valence-corrected chi connectivity index (χ0v) is 20.5. The SMILES string of the molecule is Cc1ccccc1CNC(=O)Cn1nc(-c2ccc(Cl)cc2Cl)c(-c2ccc(Cl)cc2Cl)n1. The minimum atomic E-state index is -0.226. The van der Waals surface area contributed by atoms with Crippen molar-refractivity contribution in [2.45, 2.75) is 20.0 Å². The Morgan fingerprint density at radius 2 is 1.39 bits per heavy atom. The number of nitrogens with zero attached hydrogens (tertiary/aromatic N) is 3. The maximum atomic E-state index is 12.6. The topological polar surface area (TPSA) is 59.8 Å². The fourth-order valence-corrected chi connectivity index (χ4v) is 4.33. The number of aromatic nitrogens is 3. The standard InChI is InChI=1S/C24H18Cl4N4O/c1-14-4-2-3-5-15(14)12-29-22(33)13-32-30-23(18-8-6-16(25)10-20(18)27)24(31-32)19-9-7-17(26)11-21(19)28/h2-11H,12-13H2,1H3,(H,29,33). The summed E-state index contributed by atoms with van der Waals surface area (Å²) < 4.78 is 0. The molecule has 4 rings (SSSR count). The van der Waals surface area contributed by atoms with E-state index >= 15 is 0 Å². The number of hydrogen-bond donors (Lipinski definition) is 1. The van der Waals surface area contributed by atoms with Crippen molar-refractivity contribution < 1.29 is 4.79 Å². The Morgan fingerprint density at radius 1 is 0.848 bits per heavy atom. The lowest BCUT2D eigenvalue weighted by molar-refractivity contribution is -0.122. The molecule has 0 aliphatic carbocycles. The Bertz CT molecular complexity index is 1270. The molecule has 0 aliphatic heterocycles. The lowest BCUT2D eigenvalue weighted by Crippen LogP contribution is -2.28. The van der Waals surface area contributed by atoms with Gasteiger partial charge in [0.05, 0.1) is 10.0 Å². The fraction of sp³-hybridized carbons (Fsp3) is 0.125. The summed E-state index contributed by atoms with van der Waals surface area (Å²) in [4.78, 5) is 13.9. The van der Waals surface area contributed by atoms with E-state index in [9.17, 15) is 4.79 Å². The van der Waals surface area contributed by atoms with Gasteiger partial charge < -0.3 is 5.32 Å². The maximum Gasteiger partial charge on any atom is 0.243 e. The van der Waals surface area contributed by atoms with Crippen LogP contribution in [0.15, 0.2) is 60.7 Å². The van der Waals surface area contributed by atoms with Crippen molar-refractivity contribution >= 4 is 52.3 Å². The molecule has 168 valence electrons. The molecule has 0 spiro atoms. The van der Waals surface area contributed by atoms with Crippen LogP contribution in [0.5, 0.6) is 0 Å². The second-order valence-corrected chi connectivity index (χ2v) is 9.07. The van der Waals surface area contributed by atoms with Gasteiger partial charge in [-0.3, -0.25) is 4.79 Å². The van der Waals surface area contributed by atoms with Gasteiger partial charge in [-0.1, -0.05) is 70.7 Å². The highest BCUT2D eigenvalue weighted by Crippen LogP contribution is 2.38. The molecule has 4 aromatic rings. The number of nitrogens with one attached hydrogen (secondary N) is 1. The van der Waals surface area contributed by atoms with Gasteiger partial charge >= 0.3 is 0 Å². The number of carbonyl (C=O) groups is 1. The van der Waals surface area contributed by atoms with E-state index in [2.05, 4.69) is 15.5 Å². The molecular weight excluding hydrogens is 502 g/mol. The Morgan fingerprint density at radius 3 is 1.91 bits per heavy atom. The number of aryl methyl sites for hydroxylation is 1. The first kappa shape index (κ1) is 23.6. The van der Waals surface area contributed by atoms with Crippen LogP contribution in [-0.4, -0.2) is 20.9 Å². The van der Waals surface area contributed by atoms with Crippen molar-refractivity contribution in [3.05, 3.63) is 91.9 Å². The first-order valence-electron chi connectivity index (χ1n) is 9.99. The number of hydrogen-bond acceptors (Lipinski definition) is 3. The van der Waals surface area contributed by atoms with Crippen LogP contribution in [0.2, 0.25) is 20.1 Å². The van der Waals surface area contributed by atoms with Crippen LogP contribution >= 0.6 is 46.4 Å². The molecule has 0 bridgehead atoms. The highest BCUT2D eigenvalue weighted by Gasteiger charge is 2.21. The third-order valence-electron chi connectivity index (χ3n) is 5.05. The molecule has 0 aliphatic rings. The second-order valence-electron chi connectivity index (χ2n) is 7.38. The first-order chi connectivity index (χ1) is 15.8. The van der Waals surface area contributed by atoms with Gasteiger partial charge in [0.2, 0.25) is 5.91 Å². The monoisotopic (exact) mass is 518 g/mol. The largest absolute Gasteiger partial charge is 0.350 e. The maximum absolute atomic E-state index is 12.6. The zero-order valence-electron chi connectivity index (χ0n) is 17.4. The van der Waals surface area contributed by atoms with Crippen molar-refractivity contribution in [3.8, 4) is 22.5 Å². The van der Waals surface area contributed by atoms with Crippen LogP contribution in [0.4, 0.5) is 0 Å². The van der Waals surface area contributed by atoms with E-state index in [1.54, 1.807) is 36.4 Å². The highest BCUT2D eigenvalue weighted by atomic mass is 35.5. The molecule has 1 aromatic heterocycles. The van der Waals surface area contributed by atoms with Crippen molar-refractivity contribution in [3.63, 3.8) is 0 Å². The molecule has 1 amide bonds. The average molecular weight is 520 g/mol. The molecule has 0 saturated carbocycles. The van der Waals surface area contributed by atoms with Gasteiger partial charge in [0.15, 0.2) is 0 Å². The average Bonchev–Trinajstić information content (AvgIpc) is 3.16. The molecular formula is C24H18Cl4N4O. The summed E-state index contributed by atoms with van der Waals surface area (Å²) in [7, 11) is 0. The summed E-state index contributed by atoms with van der Waals surface area (Å²) in [5.74, 6) is -0.226. The molecule has 1 heterocycles. The molecule has 33 heavy (non-hydrogen) atoms. The number of benzene rings is 3. The molecule has 0 atom stereocenters. The minimum Gasteiger partial charge on any atom is -0.350 e. The van der Waals surface area contributed by atoms with Crippen LogP contribution in [0.25, 0.3) is 22.5 Å². The van der Waals surface area contributed by atoms with Crippen LogP contribution in [0.3, 0.4) is 0 Å². The van der Waals surface area contributed by atoms with E-state index < -0.39 is 0 Å². The molecule has 5 nitrogen and oxygen atoms in total. The normalized spacial score (nSPS) is 10.9. The third kappa shape index (κ3) is 5.50. The van der Waals surface area contributed by atoms with E-state index in [-0.39, 0.29) is 12.5 Å². The van der Waals surface area contributed by atoms with E-state index in [0.717, 1.165) is 11.1 Å². The molecule has 3 aromatic carbocycles. The van der Waals surface area contributed by atoms with Crippen molar-refractivity contribution in [1.29, 1.82) is 0 Å². The van der Waals surface area contributed by atoms with Crippen molar-refractivity contribution in [2.75, 3.05) is 0 Å². The van der Waals surface area contributed by atoms with E-state index in [0.29, 0.717) is 49.2 Å². The number of carbonyl (C=O) groups excluding carboxylic acids is 1. The van der Waals surface area contributed by atoms with Gasteiger partial charge in [-0.15, -0.1) is 0 Å². The molecule has 0 saturated heterocycles. The van der Waals surface area contributed by atoms with Crippen LogP contribution in [0.1, 0.15) is 11.1 Å². The summed E-state index contributed by atoms with van der Waals surface area (Å²) in [6, 6.07) is 18.1. The molecule has 1 N–H and O–H groups in total. The quantitative estimate of drug-likeness (QED) is 0.303. The first-order valence-corrected chi connectivity index (χ1v) is 11.5. The predicted molar refractivity (Wildman–Crippen MR) is 134 cm³/mol. The fourth-order valence-electron chi connectivity index (χ4n) is 3.33. The summed E-state index contributed by atoms with van der Waals surface area (Å²) in [6.45, 7) is 2.34. The number of halogens is 4. The van der Waals surface area contributed by atoms with Crippen LogP contribution in [-0.2, 0) is 17.9 Å². The van der Waals surface area contributed by atoms with E-state index in [1.165, 1.54) is 4.80 Å². The molecule has 0 radical (unpaired) electrons. The predicted octanol–water partition coefficient (Wildman–Crippen LogP) is 6.85. The van der Waals surface area contributed by atoms with Gasteiger partial charge in [0.25, 0.3) is 0 Å². The second kappa shape index (κ2) is 10.1. The van der Waals surface area contributed by atoms with Crippen molar-refractivity contribution in [1.82, 2.24) is 20.3 Å². The summed E-state index contributed by atoms with van der Waals surface area (Å²) in [6.07, 6.45) is 0. The zero-order chi connectivity index (χ0) is 23.5. The summed E-state index contributed by atoms with van der Waals surface area (Å²) in [5.41, 5.74) is 4.35.